The maximum Gasteiger partial charge on any atom is 0.0946 e. The molecule has 0 radical (unpaired) electrons. The maximum absolute atomic E-state index is 4.95. The van der Waals surface area contributed by atoms with Crippen molar-refractivity contribution in [3.05, 3.63) is 18.7 Å². The summed E-state index contributed by atoms with van der Waals surface area (Å²) >= 11 is 0. The van der Waals surface area contributed by atoms with Crippen molar-refractivity contribution in [2.24, 2.45) is 0 Å². The zero-order valence-corrected chi connectivity index (χ0v) is 8.23. The second kappa shape index (κ2) is 5.72. The van der Waals surface area contributed by atoms with Gasteiger partial charge in [0.15, 0.2) is 0 Å². The highest BCUT2D eigenvalue weighted by molar-refractivity contribution is 4.76. The van der Waals surface area contributed by atoms with Gasteiger partial charge in [-0.1, -0.05) is 0 Å². The summed E-state index contributed by atoms with van der Waals surface area (Å²) in [7, 11) is 1.71. The van der Waals surface area contributed by atoms with Gasteiger partial charge in [-0.05, 0) is 6.92 Å². The molecule has 0 aromatic carbocycles. The summed E-state index contributed by atoms with van der Waals surface area (Å²) in [6, 6.07) is 0.448. The van der Waals surface area contributed by atoms with Gasteiger partial charge in [0.1, 0.15) is 0 Å². The molecule has 13 heavy (non-hydrogen) atoms. The van der Waals surface area contributed by atoms with E-state index in [1.807, 2.05) is 12.5 Å². The number of hydrogen-bond acceptors (Lipinski definition) is 3. The predicted octanol–water partition coefficient (Wildman–Crippen LogP) is 0.508. The highest BCUT2D eigenvalue weighted by Gasteiger charge is 2.00. The molecule has 1 aromatic rings. The first-order chi connectivity index (χ1) is 6.33. The molecule has 0 aliphatic carbocycles. The lowest BCUT2D eigenvalue weighted by molar-refractivity contribution is 0.195. The van der Waals surface area contributed by atoms with E-state index >= 15 is 0 Å². The third-order valence-corrected chi connectivity index (χ3v) is 1.84. The SMILES string of the molecule is COCCNC(C)Cn1ccnc1. The van der Waals surface area contributed by atoms with Crippen molar-refractivity contribution in [3.63, 3.8) is 0 Å². The van der Waals surface area contributed by atoms with Gasteiger partial charge in [-0.3, -0.25) is 0 Å². The summed E-state index contributed by atoms with van der Waals surface area (Å²) in [6.07, 6.45) is 5.59. The van der Waals surface area contributed by atoms with Gasteiger partial charge in [0, 0.05) is 38.6 Å². The Hall–Kier alpha value is -0.870. The number of ether oxygens (including phenoxy) is 1. The lowest BCUT2D eigenvalue weighted by atomic mass is 10.3. The molecule has 0 aliphatic heterocycles. The molecule has 4 nitrogen and oxygen atoms in total. The van der Waals surface area contributed by atoms with Crippen LogP contribution in [0.4, 0.5) is 0 Å². The van der Waals surface area contributed by atoms with Crippen LogP contribution in [0.3, 0.4) is 0 Å². The molecule has 0 bridgehead atoms. The van der Waals surface area contributed by atoms with Crippen molar-refractivity contribution in [2.45, 2.75) is 19.5 Å². The largest absolute Gasteiger partial charge is 0.383 e. The zero-order valence-electron chi connectivity index (χ0n) is 8.23. The topological polar surface area (TPSA) is 39.1 Å². The Morgan fingerprint density at radius 3 is 3.08 bits per heavy atom. The lowest BCUT2D eigenvalue weighted by Crippen LogP contribution is -2.32. The molecule has 0 spiro atoms. The van der Waals surface area contributed by atoms with E-state index in [1.54, 1.807) is 13.3 Å². The Morgan fingerprint density at radius 2 is 2.46 bits per heavy atom. The number of nitrogens with one attached hydrogen (secondary N) is 1. The van der Waals surface area contributed by atoms with E-state index in [0.29, 0.717) is 6.04 Å². The molecule has 0 fully saturated rings. The summed E-state index contributed by atoms with van der Waals surface area (Å²) in [6.45, 7) is 4.75. The molecule has 0 saturated heterocycles. The Labute approximate surface area is 78.9 Å². The zero-order chi connectivity index (χ0) is 9.52. The standard InChI is InChI=1S/C9H17N3O/c1-9(11-4-6-13-2)7-12-5-3-10-8-12/h3,5,8-9,11H,4,6-7H2,1-2H3. The molecular formula is C9H17N3O. The van der Waals surface area contributed by atoms with Crippen molar-refractivity contribution < 1.29 is 4.74 Å². The summed E-state index contributed by atoms with van der Waals surface area (Å²) in [5.74, 6) is 0. The van der Waals surface area contributed by atoms with Crippen LogP contribution in [0.5, 0.6) is 0 Å². The molecule has 4 heteroatoms. The van der Waals surface area contributed by atoms with Crippen LogP contribution in [0, 0.1) is 0 Å². The van der Waals surface area contributed by atoms with Crippen molar-refractivity contribution in [3.8, 4) is 0 Å². The van der Waals surface area contributed by atoms with Gasteiger partial charge in [-0.25, -0.2) is 4.98 Å². The number of imidazole rings is 1. The minimum atomic E-state index is 0.448. The maximum atomic E-state index is 4.95. The first-order valence-corrected chi connectivity index (χ1v) is 4.51. The molecular weight excluding hydrogens is 166 g/mol. The van der Waals surface area contributed by atoms with Crippen LogP contribution in [0.2, 0.25) is 0 Å². The highest BCUT2D eigenvalue weighted by atomic mass is 16.5. The quantitative estimate of drug-likeness (QED) is 0.653. The summed E-state index contributed by atoms with van der Waals surface area (Å²) < 4.78 is 7.01. The van der Waals surface area contributed by atoms with Crippen molar-refractivity contribution in [1.29, 1.82) is 0 Å². The molecule has 1 aromatic heterocycles. The minimum absolute atomic E-state index is 0.448. The van der Waals surface area contributed by atoms with Crippen molar-refractivity contribution in [1.82, 2.24) is 14.9 Å². The number of rotatable bonds is 6. The second-order valence-corrected chi connectivity index (χ2v) is 3.11. The van der Waals surface area contributed by atoms with Crippen molar-refractivity contribution in [2.75, 3.05) is 20.3 Å². The van der Waals surface area contributed by atoms with Gasteiger partial charge in [0.25, 0.3) is 0 Å². The highest BCUT2D eigenvalue weighted by Crippen LogP contribution is 1.90. The first-order valence-electron chi connectivity index (χ1n) is 4.51. The fourth-order valence-corrected chi connectivity index (χ4v) is 1.18. The van der Waals surface area contributed by atoms with Gasteiger partial charge < -0.3 is 14.6 Å². The van der Waals surface area contributed by atoms with Crippen LogP contribution in [0.25, 0.3) is 0 Å². The summed E-state index contributed by atoms with van der Waals surface area (Å²) in [4.78, 5) is 3.98. The predicted molar refractivity (Wildman–Crippen MR) is 51.6 cm³/mol. The molecule has 1 atom stereocenters. The van der Waals surface area contributed by atoms with Gasteiger partial charge in [-0.15, -0.1) is 0 Å². The van der Waals surface area contributed by atoms with Gasteiger partial charge in [-0.2, -0.15) is 0 Å². The molecule has 0 amide bonds. The Bertz CT molecular complexity index is 211. The number of hydrogen-bond donors (Lipinski definition) is 1. The number of nitrogens with zero attached hydrogens (tertiary/aromatic N) is 2. The first kappa shape index (κ1) is 10.2. The van der Waals surface area contributed by atoms with E-state index in [9.17, 15) is 0 Å². The summed E-state index contributed by atoms with van der Waals surface area (Å²) in [5.41, 5.74) is 0. The van der Waals surface area contributed by atoms with E-state index in [2.05, 4.69) is 21.8 Å². The van der Waals surface area contributed by atoms with E-state index < -0.39 is 0 Å². The van der Waals surface area contributed by atoms with Crippen molar-refractivity contribution >= 4 is 0 Å². The van der Waals surface area contributed by atoms with Gasteiger partial charge in [0.2, 0.25) is 0 Å². The average Bonchev–Trinajstić information content (AvgIpc) is 2.57. The third kappa shape index (κ3) is 4.05. The molecule has 1 unspecified atom stereocenters. The van der Waals surface area contributed by atoms with Crippen LogP contribution in [-0.2, 0) is 11.3 Å². The molecule has 1 N–H and O–H groups in total. The van der Waals surface area contributed by atoms with Crippen LogP contribution in [0.1, 0.15) is 6.92 Å². The fourth-order valence-electron chi connectivity index (χ4n) is 1.18. The number of methoxy groups -OCH3 is 1. The van der Waals surface area contributed by atoms with Crippen LogP contribution < -0.4 is 5.32 Å². The Kier molecular flexibility index (Phi) is 4.49. The van der Waals surface area contributed by atoms with Gasteiger partial charge >= 0.3 is 0 Å². The average molecular weight is 183 g/mol. The monoisotopic (exact) mass is 183 g/mol. The summed E-state index contributed by atoms with van der Waals surface area (Å²) in [5, 5.41) is 3.35. The molecule has 1 heterocycles. The smallest absolute Gasteiger partial charge is 0.0946 e. The minimum Gasteiger partial charge on any atom is -0.383 e. The molecule has 1 rings (SSSR count). The van der Waals surface area contributed by atoms with Gasteiger partial charge in [0.05, 0.1) is 12.9 Å². The lowest BCUT2D eigenvalue weighted by Gasteiger charge is -2.13. The Morgan fingerprint density at radius 1 is 1.62 bits per heavy atom. The molecule has 0 aliphatic rings. The number of aromatic nitrogens is 2. The van der Waals surface area contributed by atoms with Crippen LogP contribution in [0.15, 0.2) is 18.7 Å². The third-order valence-electron chi connectivity index (χ3n) is 1.84. The van der Waals surface area contributed by atoms with E-state index in [-0.39, 0.29) is 0 Å². The Balaban J connectivity index is 2.14. The normalized spacial score (nSPS) is 13.1. The van der Waals surface area contributed by atoms with E-state index in [1.165, 1.54) is 0 Å². The van der Waals surface area contributed by atoms with Crippen LogP contribution in [-0.4, -0.2) is 35.9 Å². The van der Waals surface area contributed by atoms with E-state index in [4.69, 9.17) is 4.74 Å². The van der Waals surface area contributed by atoms with Crippen LogP contribution >= 0.6 is 0 Å². The fraction of sp³-hybridized carbons (Fsp3) is 0.667. The second-order valence-electron chi connectivity index (χ2n) is 3.11. The molecule has 74 valence electrons. The van der Waals surface area contributed by atoms with E-state index in [0.717, 1.165) is 19.7 Å². The molecule has 0 saturated carbocycles.